The van der Waals surface area contributed by atoms with E-state index >= 15 is 0 Å². The number of nitrogens with two attached hydrogens (primary N) is 1. The van der Waals surface area contributed by atoms with Crippen LogP contribution in [-0.2, 0) is 9.53 Å². The van der Waals surface area contributed by atoms with E-state index in [1.54, 1.807) is 0 Å². The Balaban J connectivity index is 3.26. The molecule has 0 rings (SSSR count). The van der Waals surface area contributed by atoms with E-state index in [4.69, 9.17) is 10.5 Å². The van der Waals surface area contributed by atoms with Crippen molar-refractivity contribution in [2.45, 2.75) is 26.4 Å². The Hall–Kier alpha value is -0.570. The molecule has 0 fully saturated rings. The number of carbonyl (C=O) groups is 1. The van der Waals surface area contributed by atoms with Gasteiger partial charge in [-0.15, -0.1) is 0 Å². The third-order valence-corrected chi connectivity index (χ3v) is 0.940. The van der Waals surface area contributed by atoms with Crippen LogP contribution in [-0.4, -0.2) is 18.6 Å². The molecule has 1 atom stereocenters. The van der Waals surface area contributed by atoms with Crippen LogP contribution in [0.1, 0.15) is 20.3 Å². The molecular weight excluding hydrogens is 118 g/mol. The Labute approximate surface area is 55.2 Å². The lowest BCUT2D eigenvalue weighted by Gasteiger charge is -2.08. The third kappa shape index (κ3) is 5.30. The predicted octanol–water partition coefficient (Wildman–Crippen LogP) is 0.287. The van der Waals surface area contributed by atoms with Gasteiger partial charge in [0.1, 0.15) is 6.10 Å². The lowest BCUT2D eigenvalue weighted by atomic mass is 10.3. The molecule has 0 bridgehead atoms. The summed E-state index contributed by atoms with van der Waals surface area (Å²) >= 11 is 0. The first-order valence-corrected chi connectivity index (χ1v) is 3.04. The molecule has 0 aliphatic rings. The molecule has 0 saturated heterocycles. The molecule has 0 amide bonds. The highest BCUT2D eigenvalue weighted by molar-refractivity contribution is 5.66. The molecule has 3 nitrogen and oxygen atoms in total. The highest BCUT2D eigenvalue weighted by Gasteiger charge is 2.01. The SMILES string of the molecule is CC(=O)O[C@H](C)CCN. The fraction of sp³-hybridized carbons (Fsp3) is 0.833. The quantitative estimate of drug-likeness (QED) is 0.560. The number of hydrogen-bond donors (Lipinski definition) is 1. The molecular formula is C6H13NO2. The Morgan fingerprint density at radius 2 is 2.33 bits per heavy atom. The first-order valence-electron chi connectivity index (χ1n) is 3.04. The van der Waals surface area contributed by atoms with Gasteiger partial charge >= 0.3 is 5.97 Å². The highest BCUT2D eigenvalue weighted by atomic mass is 16.5. The van der Waals surface area contributed by atoms with Crippen LogP contribution in [0.4, 0.5) is 0 Å². The maximum absolute atomic E-state index is 10.3. The van der Waals surface area contributed by atoms with Gasteiger partial charge in [-0.05, 0) is 19.9 Å². The summed E-state index contributed by atoms with van der Waals surface area (Å²) in [6.45, 7) is 3.79. The minimum Gasteiger partial charge on any atom is -0.463 e. The molecule has 3 heteroatoms. The monoisotopic (exact) mass is 131 g/mol. The summed E-state index contributed by atoms with van der Waals surface area (Å²) in [5, 5.41) is 0. The second-order valence-electron chi connectivity index (χ2n) is 2.00. The van der Waals surface area contributed by atoms with Crippen LogP contribution in [0.3, 0.4) is 0 Å². The molecule has 0 aromatic rings. The van der Waals surface area contributed by atoms with Crippen molar-refractivity contribution in [1.29, 1.82) is 0 Å². The van der Waals surface area contributed by atoms with E-state index in [2.05, 4.69) is 0 Å². The van der Waals surface area contributed by atoms with E-state index < -0.39 is 0 Å². The van der Waals surface area contributed by atoms with Gasteiger partial charge in [0.2, 0.25) is 0 Å². The smallest absolute Gasteiger partial charge is 0.302 e. The Kier molecular flexibility index (Phi) is 4.05. The van der Waals surface area contributed by atoms with Crippen LogP contribution in [0.2, 0.25) is 0 Å². The van der Waals surface area contributed by atoms with E-state index in [0.29, 0.717) is 6.54 Å². The minimum atomic E-state index is -0.240. The van der Waals surface area contributed by atoms with Crippen molar-refractivity contribution < 1.29 is 9.53 Å². The largest absolute Gasteiger partial charge is 0.463 e. The second kappa shape index (κ2) is 4.32. The molecule has 2 N–H and O–H groups in total. The molecule has 54 valence electrons. The predicted molar refractivity (Wildman–Crippen MR) is 34.9 cm³/mol. The molecule has 0 spiro atoms. The second-order valence-corrected chi connectivity index (χ2v) is 2.00. The fourth-order valence-corrected chi connectivity index (χ4v) is 0.577. The summed E-state index contributed by atoms with van der Waals surface area (Å²) < 4.78 is 4.77. The molecule has 0 aromatic carbocycles. The number of rotatable bonds is 3. The third-order valence-electron chi connectivity index (χ3n) is 0.940. The van der Waals surface area contributed by atoms with E-state index in [0.717, 1.165) is 6.42 Å². The van der Waals surface area contributed by atoms with Crippen molar-refractivity contribution in [3.63, 3.8) is 0 Å². The summed E-state index contributed by atoms with van der Waals surface area (Å²) in [5.74, 6) is -0.240. The Morgan fingerprint density at radius 1 is 1.78 bits per heavy atom. The van der Waals surface area contributed by atoms with Crippen LogP contribution in [0.25, 0.3) is 0 Å². The summed E-state index contributed by atoms with van der Waals surface area (Å²) in [4.78, 5) is 10.3. The molecule has 0 heterocycles. The minimum absolute atomic E-state index is 0.0347. The van der Waals surface area contributed by atoms with Crippen molar-refractivity contribution in [2.75, 3.05) is 6.54 Å². The van der Waals surface area contributed by atoms with Crippen LogP contribution >= 0.6 is 0 Å². The highest BCUT2D eigenvalue weighted by Crippen LogP contribution is 1.94. The van der Waals surface area contributed by atoms with Gasteiger partial charge in [0.15, 0.2) is 0 Å². The average Bonchev–Trinajstić information content (AvgIpc) is 1.63. The number of carbonyl (C=O) groups excluding carboxylic acids is 1. The number of hydrogen-bond acceptors (Lipinski definition) is 3. The van der Waals surface area contributed by atoms with Gasteiger partial charge in [-0.2, -0.15) is 0 Å². The van der Waals surface area contributed by atoms with Crippen molar-refractivity contribution in [3.05, 3.63) is 0 Å². The Bertz CT molecular complexity index is 93.1. The topological polar surface area (TPSA) is 52.3 Å². The van der Waals surface area contributed by atoms with Gasteiger partial charge in [-0.3, -0.25) is 4.79 Å². The van der Waals surface area contributed by atoms with Crippen LogP contribution < -0.4 is 5.73 Å². The maximum Gasteiger partial charge on any atom is 0.302 e. The molecule has 0 saturated carbocycles. The maximum atomic E-state index is 10.3. The van der Waals surface area contributed by atoms with Crippen LogP contribution in [0, 0.1) is 0 Å². The van der Waals surface area contributed by atoms with E-state index in [-0.39, 0.29) is 12.1 Å². The molecule has 0 unspecified atom stereocenters. The summed E-state index contributed by atoms with van der Waals surface area (Å²) in [7, 11) is 0. The molecule has 9 heavy (non-hydrogen) atoms. The summed E-state index contributed by atoms with van der Waals surface area (Å²) in [5.41, 5.74) is 5.21. The molecule has 0 aliphatic heterocycles. The van der Waals surface area contributed by atoms with Crippen molar-refractivity contribution in [2.24, 2.45) is 5.73 Å². The zero-order chi connectivity index (χ0) is 7.28. The fourth-order valence-electron chi connectivity index (χ4n) is 0.577. The first kappa shape index (κ1) is 8.43. The van der Waals surface area contributed by atoms with Gasteiger partial charge < -0.3 is 10.5 Å². The number of esters is 1. The van der Waals surface area contributed by atoms with Crippen LogP contribution in [0.15, 0.2) is 0 Å². The number of ether oxygens (including phenoxy) is 1. The van der Waals surface area contributed by atoms with Gasteiger partial charge in [-0.25, -0.2) is 0 Å². The average molecular weight is 131 g/mol. The van der Waals surface area contributed by atoms with Crippen LogP contribution in [0.5, 0.6) is 0 Å². The van der Waals surface area contributed by atoms with E-state index in [1.807, 2.05) is 6.92 Å². The first-order chi connectivity index (χ1) is 4.16. The standard InChI is InChI=1S/C6H13NO2/c1-5(3-4-7)9-6(2)8/h5H,3-4,7H2,1-2H3/t5-/m1/s1. The van der Waals surface area contributed by atoms with Gasteiger partial charge in [-0.1, -0.05) is 0 Å². The van der Waals surface area contributed by atoms with E-state index in [1.165, 1.54) is 6.92 Å². The zero-order valence-corrected chi connectivity index (χ0v) is 5.89. The molecule has 0 radical (unpaired) electrons. The molecule has 0 aliphatic carbocycles. The lowest BCUT2D eigenvalue weighted by molar-refractivity contribution is -0.145. The van der Waals surface area contributed by atoms with Gasteiger partial charge in [0.25, 0.3) is 0 Å². The summed E-state index contributed by atoms with van der Waals surface area (Å²) in [6, 6.07) is 0. The van der Waals surface area contributed by atoms with E-state index in [9.17, 15) is 4.79 Å². The summed E-state index contributed by atoms with van der Waals surface area (Å²) in [6.07, 6.45) is 0.701. The Morgan fingerprint density at radius 3 is 2.67 bits per heavy atom. The molecule has 0 aromatic heterocycles. The van der Waals surface area contributed by atoms with Crippen molar-refractivity contribution in [3.8, 4) is 0 Å². The zero-order valence-electron chi connectivity index (χ0n) is 5.89. The van der Waals surface area contributed by atoms with Crippen molar-refractivity contribution in [1.82, 2.24) is 0 Å². The normalized spacial score (nSPS) is 12.8. The van der Waals surface area contributed by atoms with Crippen molar-refractivity contribution >= 4 is 5.97 Å². The van der Waals surface area contributed by atoms with Gasteiger partial charge in [0.05, 0.1) is 0 Å². The van der Waals surface area contributed by atoms with Gasteiger partial charge in [0, 0.05) is 6.92 Å². The lowest BCUT2D eigenvalue weighted by Crippen LogP contribution is -2.16.